The lowest BCUT2D eigenvalue weighted by Gasteiger charge is -2.08. The Labute approximate surface area is 111 Å². The maximum absolute atomic E-state index is 13.3. The Hall–Kier alpha value is -1.95. The van der Waals surface area contributed by atoms with E-state index in [1.807, 2.05) is 0 Å². The van der Waals surface area contributed by atoms with Crippen LogP contribution in [-0.4, -0.2) is 0 Å². The van der Waals surface area contributed by atoms with Gasteiger partial charge in [-0.05, 0) is 5.56 Å². The van der Waals surface area contributed by atoms with Crippen LogP contribution in [0.25, 0.3) is 0 Å². The third-order valence-electron chi connectivity index (χ3n) is 2.55. The summed E-state index contributed by atoms with van der Waals surface area (Å²) in [6, 6.07) is 8.46. The van der Waals surface area contributed by atoms with Crippen LogP contribution in [0.1, 0.15) is 11.1 Å². The second kappa shape index (κ2) is 6.00. The Balaban J connectivity index is 2.14. The number of hydrogen-bond acceptors (Lipinski definition) is 1. The Morgan fingerprint density at radius 2 is 1.25 bits per heavy atom. The van der Waals surface area contributed by atoms with Gasteiger partial charge in [0, 0.05) is 0 Å². The molecule has 0 aliphatic rings. The molecule has 6 heteroatoms. The summed E-state index contributed by atoms with van der Waals surface area (Å²) < 4.78 is 70.1. The van der Waals surface area contributed by atoms with Crippen LogP contribution in [0.4, 0.5) is 22.0 Å². The predicted octanol–water partition coefficient (Wildman–Crippen LogP) is 4.11. The monoisotopic (exact) mass is 287 g/mol. The molecule has 0 aliphatic carbocycles. The normalized spacial score (nSPS) is 10.8. The first-order chi connectivity index (χ1) is 9.52. The average molecular weight is 287 g/mol. The first-order valence-corrected chi connectivity index (χ1v) is 5.52. The van der Waals surface area contributed by atoms with E-state index in [1.54, 1.807) is 30.3 Å². The van der Waals surface area contributed by atoms with Crippen molar-refractivity contribution in [3.63, 3.8) is 0 Å². The fraction of sp³-hybridized carbons (Fsp3) is 0.0714. The van der Waals surface area contributed by atoms with E-state index in [0.717, 1.165) is 6.61 Å². The Kier molecular flexibility index (Phi) is 4.34. The van der Waals surface area contributed by atoms with Gasteiger partial charge in [-0.3, -0.25) is 0 Å². The predicted molar refractivity (Wildman–Crippen MR) is 60.9 cm³/mol. The number of rotatable bonds is 4. The van der Waals surface area contributed by atoms with Crippen molar-refractivity contribution in [2.75, 3.05) is 0 Å². The lowest BCUT2D eigenvalue weighted by atomic mass is 10.2. The number of hydrogen-bond donors (Lipinski definition) is 0. The van der Waals surface area contributed by atoms with Crippen LogP contribution in [-0.2, 0) is 11.3 Å². The minimum absolute atomic E-state index is 0.594. The van der Waals surface area contributed by atoms with E-state index >= 15 is 0 Å². The zero-order valence-electron chi connectivity index (χ0n) is 9.97. The van der Waals surface area contributed by atoms with Gasteiger partial charge < -0.3 is 4.74 Å². The molecule has 0 amide bonds. The van der Waals surface area contributed by atoms with E-state index in [9.17, 15) is 22.0 Å². The van der Waals surface area contributed by atoms with E-state index in [-0.39, 0.29) is 0 Å². The minimum atomic E-state index is -2.18. The summed E-state index contributed by atoms with van der Waals surface area (Å²) >= 11 is 0. The standard InChI is InChI=1S/C14H8F5O/c15-10-9(11(16)13(18)14(19)12(10)17)7-20-6-8-4-2-1-3-5-8/h1-6H,7H2. The second-order valence-electron chi connectivity index (χ2n) is 3.89. The van der Waals surface area contributed by atoms with Crippen molar-refractivity contribution in [2.45, 2.75) is 6.61 Å². The van der Waals surface area contributed by atoms with Crippen LogP contribution in [0, 0.1) is 35.7 Å². The summed E-state index contributed by atoms with van der Waals surface area (Å²) in [6.45, 7) is 0.402. The summed E-state index contributed by atoms with van der Waals surface area (Å²) in [4.78, 5) is 0. The lowest BCUT2D eigenvalue weighted by molar-refractivity contribution is 0.187. The molecule has 0 fully saturated rings. The second-order valence-corrected chi connectivity index (χ2v) is 3.89. The highest BCUT2D eigenvalue weighted by atomic mass is 19.2. The van der Waals surface area contributed by atoms with Crippen molar-refractivity contribution in [3.05, 3.63) is 77.2 Å². The van der Waals surface area contributed by atoms with Gasteiger partial charge >= 0.3 is 0 Å². The van der Waals surface area contributed by atoms with Crippen LogP contribution < -0.4 is 0 Å². The molecule has 0 spiro atoms. The minimum Gasteiger partial charge on any atom is -0.366 e. The van der Waals surface area contributed by atoms with Crippen molar-refractivity contribution < 1.29 is 26.7 Å². The van der Waals surface area contributed by atoms with E-state index in [4.69, 9.17) is 4.74 Å². The fourth-order valence-corrected chi connectivity index (χ4v) is 1.53. The van der Waals surface area contributed by atoms with Crippen LogP contribution in [0.2, 0.25) is 0 Å². The van der Waals surface area contributed by atoms with Crippen LogP contribution in [0.15, 0.2) is 30.3 Å². The Morgan fingerprint density at radius 3 is 1.80 bits per heavy atom. The summed E-state index contributed by atoms with van der Waals surface area (Å²) in [6.07, 6.45) is 0. The molecule has 0 saturated heterocycles. The number of benzene rings is 2. The highest BCUT2D eigenvalue weighted by Gasteiger charge is 2.25. The number of halogens is 5. The van der Waals surface area contributed by atoms with E-state index in [0.29, 0.717) is 5.56 Å². The van der Waals surface area contributed by atoms with Crippen molar-refractivity contribution in [1.29, 1.82) is 0 Å². The van der Waals surface area contributed by atoms with Crippen LogP contribution >= 0.6 is 0 Å². The molecule has 0 aromatic heterocycles. The summed E-state index contributed by atoms with van der Waals surface area (Å²) in [7, 11) is 0. The van der Waals surface area contributed by atoms with Crippen molar-refractivity contribution in [3.8, 4) is 0 Å². The zero-order valence-corrected chi connectivity index (χ0v) is 9.97. The maximum atomic E-state index is 13.3. The molecule has 0 aliphatic heterocycles. The van der Waals surface area contributed by atoms with Gasteiger partial charge in [-0.25, -0.2) is 22.0 Å². The van der Waals surface area contributed by atoms with Gasteiger partial charge in [0.15, 0.2) is 23.3 Å². The molecule has 0 atom stereocenters. The van der Waals surface area contributed by atoms with E-state index < -0.39 is 41.3 Å². The van der Waals surface area contributed by atoms with E-state index in [2.05, 4.69) is 0 Å². The van der Waals surface area contributed by atoms with Gasteiger partial charge in [0.2, 0.25) is 5.82 Å². The topological polar surface area (TPSA) is 9.23 Å². The molecular weight excluding hydrogens is 279 g/mol. The third-order valence-corrected chi connectivity index (χ3v) is 2.55. The molecular formula is C14H8F5O. The van der Waals surface area contributed by atoms with Crippen LogP contribution in [0.3, 0.4) is 0 Å². The maximum Gasteiger partial charge on any atom is 0.200 e. The van der Waals surface area contributed by atoms with Crippen molar-refractivity contribution in [2.24, 2.45) is 0 Å². The smallest absolute Gasteiger partial charge is 0.200 e. The molecule has 2 aromatic rings. The van der Waals surface area contributed by atoms with Gasteiger partial charge in [-0.2, -0.15) is 0 Å². The molecule has 2 rings (SSSR count). The summed E-state index contributed by atoms with van der Waals surface area (Å²) in [5, 5.41) is 0. The van der Waals surface area contributed by atoms with Gasteiger partial charge in [-0.1, -0.05) is 30.3 Å². The van der Waals surface area contributed by atoms with Gasteiger partial charge in [0.1, 0.15) is 6.61 Å². The zero-order chi connectivity index (χ0) is 14.7. The molecule has 20 heavy (non-hydrogen) atoms. The average Bonchev–Trinajstić information content (AvgIpc) is 2.48. The molecule has 0 N–H and O–H groups in total. The molecule has 1 radical (unpaired) electrons. The quantitative estimate of drug-likeness (QED) is 0.467. The fourth-order valence-electron chi connectivity index (χ4n) is 1.53. The van der Waals surface area contributed by atoms with Gasteiger partial charge in [0.25, 0.3) is 0 Å². The Bertz CT molecular complexity index is 584. The lowest BCUT2D eigenvalue weighted by Crippen LogP contribution is -2.08. The number of ether oxygens (including phenoxy) is 1. The third kappa shape index (κ3) is 2.80. The molecule has 0 unspecified atom stereocenters. The molecule has 0 saturated carbocycles. The molecule has 105 valence electrons. The van der Waals surface area contributed by atoms with Crippen molar-refractivity contribution >= 4 is 0 Å². The molecule has 1 nitrogen and oxygen atoms in total. The SMILES string of the molecule is Fc1c(F)c(F)c(CO[CH]c2ccccc2)c(F)c1F. The molecule has 2 aromatic carbocycles. The summed E-state index contributed by atoms with van der Waals surface area (Å²) in [5.74, 6) is -9.93. The van der Waals surface area contributed by atoms with Gasteiger partial charge in [0.05, 0.1) is 12.2 Å². The highest BCUT2D eigenvalue weighted by Crippen LogP contribution is 2.24. The highest BCUT2D eigenvalue weighted by molar-refractivity contribution is 5.24. The summed E-state index contributed by atoms with van der Waals surface area (Å²) in [5.41, 5.74) is -0.412. The first-order valence-electron chi connectivity index (χ1n) is 5.52. The first kappa shape index (κ1) is 14.5. The molecule has 0 bridgehead atoms. The largest absolute Gasteiger partial charge is 0.366 e. The Morgan fingerprint density at radius 1 is 0.750 bits per heavy atom. The van der Waals surface area contributed by atoms with Crippen LogP contribution in [0.5, 0.6) is 0 Å². The van der Waals surface area contributed by atoms with Gasteiger partial charge in [-0.15, -0.1) is 0 Å². The molecule has 0 heterocycles. The van der Waals surface area contributed by atoms with E-state index in [1.165, 1.54) is 0 Å². The van der Waals surface area contributed by atoms with Crippen molar-refractivity contribution in [1.82, 2.24) is 0 Å².